The van der Waals surface area contributed by atoms with Crippen molar-refractivity contribution in [2.24, 2.45) is 0 Å². The number of nitrogens with one attached hydrogen (secondary N) is 1. The standard InChI is InChI=1S/C15H14BrNO3S/c1-9(17-15(18)14-3-2-6-21-14)10-7-12-13(8-11(10)16)20-5-4-19-12/h2-3,6-9H,4-5H2,1H3,(H,17,18)/t9-/m1/s1. The first-order valence-corrected chi connectivity index (χ1v) is 8.26. The summed E-state index contributed by atoms with van der Waals surface area (Å²) in [7, 11) is 0. The van der Waals surface area contributed by atoms with Gasteiger partial charge in [0.1, 0.15) is 13.2 Å². The molecule has 4 nitrogen and oxygen atoms in total. The first-order valence-electron chi connectivity index (χ1n) is 6.58. The molecule has 1 atom stereocenters. The zero-order valence-electron chi connectivity index (χ0n) is 11.4. The Kier molecular flexibility index (Phi) is 4.17. The maximum atomic E-state index is 12.1. The molecule has 0 radical (unpaired) electrons. The Hall–Kier alpha value is -1.53. The fraction of sp³-hybridized carbons (Fsp3) is 0.267. The lowest BCUT2D eigenvalue weighted by Gasteiger charge is -2.22. The van der Waals surface area contributed by atoms with Crippen molar-refractivity contribution in [3.63, 3.8) is 0 Å². The van der Waals surface area contributed by atoms with E-state index in [1.54, 1.807) is 0 Å². The molecule has 1 aliphatic heterocycles. The van der Waals surface area contributed by atoms with Crippen molar-refractivity contribution in [1.82, 2.24) is 5.32 Å². The minimum Gasteiger partial charge on any atom is -0.486 e. The Labute approximate surface area is 135 Å². The van der Waals surface area contributed by atoms with E-state index >= 15 is 0 Å². The number of amides is 1. The van der Waals surface area contributed by atoms with Crippen molar-refractivity contribution in [3.05, 3.63) is 44.6 Å². The molecule has 0 saturated heterocycles. The van der Waals surface area contributed by atoms with Crippen LogP contribution in [0.1, 0.15) is 28.2 Å². The fourth-order valence-electron chi connectivity index (χ4n) is 2.16. The van der Waals surface area contributed by atoms with E-state index in [2.05, 4.69) is 21.2 Å². The first-order chi connectivity index (χ1) is 10.1. The van der Waals surface area contributed by atoms with Gasteiger partial charge in [0.15, 0.2) is 11.5 Å². The van der Waals surface area contributed by atoms with Crippen LogP contribution in [0.3, 0.4) is 0 Å². The third-order valence-corrected chi connectivity index (χ3v) is 4.78. The molecular formula is C15H14BrNO3S. The van der Waals surface area contributed by atoms with Gasteiger partial charge >= 0.3 is 0 Å². The van der Waals surface area contributed by atoms with Gasteiger partial charge < -0.3 is 14.8 Å². The topological polar surface area (TPSA) is 47.6 Å². The molecule has 110 valence electrons. The minimum absolute atomic E-state index is 0.0701. The van der Waals surface area contributed by atoms with Crippen LogP contribution in [0.25, 0.3) is 0 Å². The lowest BCUT2D eigenvalue weighted by Crippen LogP contribution is -2.26. The van der Waals surface area contributed by atoms with E-state index in [0.717, 1.165) is 21.5 Å². The summed E-state index contributed by atoms with van der Waals surface area (Å²) in [6.07, 6.45) is 0. The summed E-state index contributed by atoms with van der Waals surface area (Å²) in [4.78, 5) is 12.8. The van der Waals surface area contributed by atoms with E-state index in [1.165, 1.54) is 11.3 Å². The van der Waals surface area contributed by atoms with Gasteiger partial charge in [-0.15, -0.1) is 11.3 Å². The van der Waals surface area contributed by atoms with Gasteiger partial charge in [0.25, 0.3) is 5.91 Å². The summed E-state index contributed by atoms with van der Waals surface area (Å²) in [6, 6.07) is 7.34. The summed E-state index contributed by atoms with van der Waals surface area (Å²) in [5, 5.41) is 4.88. The molecule has 3 rings (SSSR count). The summed E-state index contributed by atoms with van der Waals surface area (Å²) >= 11 is 4.96. The predicted molar refractivity (Wildman–Crippen MR) is 85.3 cm³/mol. The monoisotopic (exact) mass is 367 g/mol. The number of rotatable bonds is 3. The smallest absolute Gasteiger partial charge is 0.261 e. The highest BCUT2D eigenvalue weighted by atomic mass is 79.9. The molecular weight excluding hydrogens is 354 g/mol. The molecule has 21 heavy (non-hydrogen) atoms. The number of hydrogen-bond acceptors (Lipinski definition) is 4. The summed E-state index contributed by atoms with van der Waals surface area (Å²) in [6.45, 7) is 3.05. The van der Waals surface area contributed by atoms with Crippen LogP contribution in [0.4, 0.5) is 0 Å². The normalized spacial score (nSPS) is 14.6. The van der Waals surface area contributed by atoms with Gasteiger partial charge in [0.05, 0.1) is 10.9 Å². The predicted octanol–water partition coefficient (Wildman–Crippen LogP) is 3.77. The van der Waals surface area contributed by atoms with Crippen molar-refractivity contribution in [3.8, 4) is 11.5 Å². The van der Waals surface area contributed by atoms with Crippen molar-refractivity contribution < 1.29 is 14.3 Å². The van der Waals surface area contributed by atoms with E-state index in [-0.39, 0.29) is 11.9 Å². The summed E-state index contributed by atoms with van der Waals surface area (Å²) in [5.74, 6) is 1.38. The van der Waals surface area contributed by atoms with Gasteiger partial charge in [-0.2, -0.15) is 0 Å². The number of halogens is 1. The molecule has 0 fully saturated rings. The van der Waals surface area contributed by atoms with E-state index < -0.39 is 0 Å². The molecule has 1 N–H and O–H groups in total. The Morgan fingerprint density at radius 3 is 2.71 bits per heavy atom. The lowest BCUT2D eigenvalue weighted by atomic mass is 10.1. The SMILES string of the molecule is C[C@@H](NC(=O)c1cccs1)c1cc2c(cc1Br)OCCO2. The van der Waals surface area contributed by atoms with E-state index in [1.807, 2.05) is 36.6 Å². The molecule has 0 bridgehead atoms. The van der Waals surface area contributed by atoms with Crippen LogP contribution in [-0.4, -0.2) is 19.1 Å². The highest BCUT2D eigenvalue weighted by molar-refractivity contribution is 9.10. The average molecular weight is 368 g/mol. The third-order valence-electron chi connectivity index (χ3n) is 3.22. The van der Waals surface area contributed by atoms with Crippen LogP contribution < -0.4 is 14.8 Å². The van der Waals surface area contributed by atoms with Crippen LogP contribution in [0.2, 0.25) is 0 Å². The molecule has 0 unspecified atom stereocenters. The maximum Gasteiger partial charge on any atom is 0.261 e. The quantitative estimate of drug-likeness (QED) is 0.897. The maximum absolute atomic E-state index is 12.1. The van der Waals surface area contributed by atoms with Crippen LogP contribution in [0.5, 0.6) is 11.5 Å². The van der Waals surface area contributed by atoms with Crippen LogP contribution in [-0.2, 0) is 0 Å². The van der Waals surface area contributed by atoms with Gasteiger partial charge in [-0.05, 0) is 36.1 Å². The van der Waals surface area contributed by atoms with Gasteiger partial charge in [-0.25, -0.2) is 0 Å². The second kappa shape index (κ2) is 6.07. The van der Waals surface area contributed by atoms with E-state index in [0.29, 0.717) is 18.1 Å². The molecule has 1 aliphatic rings. The molecule has 2 heterocycles. The molecule has 0 spiro atoms. The molecule has 0 saturated carbocycles. The fourth-order valence-corrected chi connectivity index (χ4v) is 3.46. The molecule has 1 aromatic carbocycles. The lowest BCUT2D eigenvalue weighted by molar-refractivity contribution is 0.0943. The second-order valence-electron chi connectivity index (χ2n) is 4.69. The van der Waals surface area contributed by atoms with Gasteiger partial charge in [0.2, 0.25) is 0 Å². The number of carbonyl (C=O) groups is 1. The highest BCUT2D eigenvalue weighted by Crippen LogP contribution is 2.37. The minimum atomic E-state index is -0.134. The van der Waals surface area contributed by atoms with Crippen molar-refractivity contribution in [2.45, 2.75) is 13.0 Å². The largest absolute Gasteiger partial charge is 0.486 e. The van der Waals surface area contributed by atoms with E-state index in [9.17, 15) is 4.79 Å². The number of ether oxygens (including phenoxy) is 2. The van der Waals surface area contributed by atoms with Crippen LogP contribution in [0, 0.1) is 0 Å². The molecule has 0 aliphatic carbocycles. The Morgan fingerprint density at radius 1 is 1.33 bits per heavy atom. The highest BCUT2D eigenvalue weighted by Gasteiger charge is 2.19. The van der Waals surface area contributed by atoms with Crippen LogP contribution in [0.15, 0.2) is 34.1 Å². The molecule has 2 aromatic rings. The van der Waals surface area contributed by atoms with E-state index in [4.69, 9.17) is 9.47 Å². The zero-order chi connectivity index (χ0) is 14.8. The van der Waals surface area contributed by atoms with Gasteiger partial charge in [-0.3, -0.25) is 4.79 Å². The van der Waals surface area contributed by atoms with Crippen molar-refractivity contribution in [1.29, 1.82) is 0 Å². The number of fused-ring (bicyclic) bond motifs is 1. The average Bonchev–Trinajstić information content (AvgIpc) is 3.00. The molecule has 1 amide bonds. The molecule has 6 heteroatoms. The third kappa shape index (κ3) is 3.06. The zero-order valence-corrected chi connectivity index (χ0v) is 13.8. The number of benzene rings is 1. The summed E-state index contributed by atoms with van der Waals surface area (Å²) in [5.41, 5.74) is 0.962. The molecule has 1 aromatic heterocycles. The Morgan fingerprint density at radius 2 is 2.05 bits per heavy atom. The van der Waals surface area contributed by atoms with Gasteiger partial charge in [0, 0.05) is 4.47 Å². The van der Waals surface area contributed by atoms with Gasteiger partial charge in [-0.1, -0.05) is 22.0 Å². The Bertz CT molecular complexity index is 657. The summed E-state index contributed by atoms with van der Waals surface area (Å²) < 4.78 is 12.0. The number of hydrogen-bond donors (Lipinski definition) is 1. The van der Waals surface area contributed by atoms with Crippen molar-refractivity contribution in [2.75, 3.05) is 13.2 Å². The Balaban J connectivity index is 1.81. The first kappa shape index (κ1) is 14.4. The van der Waals surface area contributed by atoms with Crippen molar-refractivity contribution >= 4 is 33.2 Å². The number of carbonyl (C=O) groups excluding carboxylic acids is 1. The number of thiophene rings is 1. The van der Waals surface area contributed by atoms with Crippen LogP contribution >= 0.6 is 27.3 Å². The second-order valence-corrected chi connectivity index (χ2v) is 6.49.